The summed E-state index contributed by atoms with van der Waals surface area (Å²) in [7, 11) is 1.73. The highest BCUT2D eigenvalue weighted by molar-refractivity contribution is 4.59. The minimum absolute atomic E-state index is 0.479. The van der Waals surface area contributed by atoms with Crippen LogP contribution in [0.1, 0.15) is 20.8 Å². The van der Waals surface area contributed by atoms with E-state index in [0.29, 0.717) is 6.04 Å². The Morgan fingerprint density at radius 2 is 1.90 bits per heavy atom. The molecule has 0 aromatic rings. The number of ether oxygens (including phenoxy) is 1. The summed E-state index contributed by atoms with van der Waals surface area (Å²) >= 11 is 0. The molecule has 0 fully saturated rings. The van der Waals surface area contributed by atoms with Gasteiger partial charge in [-0.3, -0.25) is 0 Å². The molecule has 0 radical (unpaired) electrons. The summed E-state index contributed by atoms with van der Waals surface area (Å²) in [5.74, 6) is 0.722. The first-order valence-corrected chi connectivity index (χ1v) is 3.89. The lowest BCUT2D eigenvalue weighted by atomic mass is 10.2. The van der Waals surface area contributed by atoms with Crippen molar-refractivity contribution >= 4 is 0 Å². The predicted molar refractivity (Wildman–Crippen MR) is 44.2 cm³/mol. The molecular formula is C8H19NO. The van der Waals surface area contributed by atoms with Crippen LogP contribution in [-0.2, 0) is 4.74 Å². The first-order valence-electron chi connectivity index (χ1n) is 3.89. The number of hydrogen-bond acceptors (Lipinski definition) is 2. The van der Waals surface area contributed by atoms with Crippen molar-refractivity contribution in [1.29, 1.82) is 0 Å². The first-order chi connectivity index (χ1) is 4.66. The lowest BCUT2D eigenvalue weighted by Gasteiger charge is -2.13. The lowest BCUT2D eigenvalue weighted by molar-refractivity contribution is 0.171. The number of rotatable bonds is 5. The van der Waals surface area contributed by atoms with Crippen molar-refractivity contribution in [2.24, 2.45) is 5.92 Å². The fourth-order valence-electron chi connectivity index (χ4n) is 0.746. The van der Waals surface area contributed by atoms with Gasteiger partial charge in [0.25, 0.3) is 0 Å². The van der Waals surface area contributed by atoms with Crippen LogP contribution in [0.2, 0.25) is 0 Å². The van der Waals surface area contributed by atoms with Gasteiger partial charge in [0.2, 0.25) is 0 Å². The van der Waals surface area contributed by atoms with E-state index in [1.54, 1.807) is 7.11 Å². The summed E-state index contributed by atoms with van der Waals surface area (Å²) in [6.07, 6.45) is 0. The van der Waals surface area contributed by atoms with Crippen molar-refractivity contribution in [3.8, 4) is 0 Å². The summed E-state index contributed by atoms with van der Waals surface area (Å²) in [4.78, 5) is 0. The Labute approximate surface area is 64.0 Å². The molecule has 2 nitrogen and oxygen atoms in total. The zero-order chi connectivity index (χ0) is 7.98. The van der Waals surface area contributed by atoms with E-state index in [1.165, 1.54) is 0 Å². The monoisotopic (exact) mass is 145 g/mol. The van der Waals surface area contributed by atoms with Gasteiger partial charge < -0.3 is 10.1 Å². The van der Waals surface area contributed by atoms with Crippen molar-refractivity contribution < 1.29 is 4.74 Å². The molecule has 0 saturated heterocycles. The van der Waals surface area contributed by atoms with Crippen molar-refractivity contribution in [3.05, 3.63) is 0 Å². The second kappa shape index (κ2) is 5.69. The standard InChI is InChI=1S/C8H19NO/c1-7(2)5-9-8(3)6-10-4/h7-9H,5-6H2,1-4H3. The maximum Gasteiger partial charge on any atom is 0.0613 e. The molecule has 0 spiro atoms. The highest BCUT2D eigenvalue weighted by Crippen LogP contribution is 1.89. The minimum atomic E-state index is 0.479. The number of hydrogen-bond donors (Lipinski definition) is 1. The van der Waals surface area contributed by atoms with Gasteiger partial charge in [0, 0.05) is 13.2 Å². The number of nitrogens with one attached hydrogen (secondary N) is 1. The summed E-state index contributed by atoms with van der Waals surface area (Å²) in [5, 5.41) is 3.36. The van der Waals surface area contributed by atoms with Crippen molar-refractivity contribution in [2.45, 2.75) is 26.8 Å². The third-order valence-electron chi connectivity index (χ3n) is 1.29. The van der Waals surface area contributed by atoms with Gasteiger partial charge in [0.15, 0.2) is 0 Å². The largest absolute Gasteiger partial charge is 0.383 e. The third-order valence-corrected chi connectivity index (χ3v) is 1.29. The summed E-state index contributed by atoms with van der Waals surface area (Å²) in [5.41, 5.74) is 0. The molecule has 2 heteroatoms. The van der Waals surface area contributed by atoms with E-state index in [9.17, 15) is 0 Å². The Morgan fingerprint density at radius 3 is 2.30 bits per heavy atom. The Bertz CT molecular complexity index is 73.7. The van der Waals surface area contributed by atoms with Gasteiger partial charge in [-0.05, 0) is 19.4 Å². The zero-order valence-electron chi connectivity index (χ0n) is 7.48. The molecule has 0 aromatic carbocycles. The van der Waals surface area contributed by atoms with Gasteiger partial charge in [0.05, 0.1) is 6.61 Å². The molecule has 0 saturated carbocycles. The molecular weight excluding hydrogens is 126 g/mol. The molecule has 62 valence electrons. The zero-order valence-corrected chi connectivity index (χ0v) is 7.48. The van der Waals surface area contributed by atoms with Gasteiger partial charge in [-0.25, -0.2) is 0 Å². The quantitative estimate of drug-likeness (QED) is 0.629. The molecule has 10 heavy (non-hydrogen) atoms. The van der Waals surface area contributed by atoms with Gasteiger partial charge in [-0.2, -0.15) is 0 Å². The van der Waals surface area contributed by atoms with Crippen molar-refractivity contribution in [3.63, 3.8) is 0 Å². The topological polar surface area (TPSA) is 21.3 Å². The summed E-state index contributed by atoms with van der Waals surface area (Å²) in [6.45, 7) is 8.40. The molecule has 0 rings (SSSR count). The van der Waals surface area contributed by atoms with E-state index < -0.39 is 0 Å². The second-order valence-corrected chi connectivity index (χ2v) is 3.16. The number of methoxy groups -OCH3 is 1. The molecule has 0 amide bonds. The van der Waals surface area contributed by atoms with Crippen LogP contribution in [0.15, 0.2) is 0 Å². The third kappa shape index (κ3) is 6.05. The predicted octanol–water partition coefficient (Wildman–Crippen LogP) is 1.27. The smallest absolute Gasteiger partial charge is 0.0613 e. The van der Waals surface area contributed by atoms with E-state index >= 15 is 0 Å². The Kier molecular flexibility index (Phi) is 5.64. The van der Waals surface area contributed by atoms with Gasteiger partial charge in [-0.1, -0.05) is 13.8 Å². The Hall–Kier alpha value is -0.0800. The van der Waals surface area contributed by atoms with E-state index in [-0.39, 0.29) is 0 Å². The molecule has 0 aliphatic carbocycles. The van der Waals surface area contributed by atoms with Crippen LogP contribution < -0.4 is 5.32 Å². The fraction of sp³-hybridized carbons (Fsp3) is 1.00. The molecule has 1 atom stereocenters. The highest BCUT2D eigenvalue weighted by Gasteiger charge is 1.99. The molecule has 0 aliphatic rings. The molecule has 1 N–H and O–H groups in total. The van der Waals surface area contributed by atoms with E-state index in [2.05, 4.69) is 26.1 Å². The fourth-order valence-corrected chi connectivity index (χ4v) is 0.746. The summed E-state index contributed by atoms with van der Waals surface area (Å²) in [6, 6.07) is 0.479. The maximum atomic E-state index is 4.97. The Morgan fingerprint density at radius 1 is 1.30 bits per heavy atom. The van der Waals surface area contributed by atoms with Crippen LogP contribution in [0.25, 0.3) is 0 Å². The normalized spacial score (nSPS) is 14.1. The molecule has 0 bridgehead atoms. The van der Waals surface area contributed by atoms with E-state index in [1.807, 2.05) is 0 Å². The van der Waals surface area contributed by atoms with Gasteiger partial charge >= 0.3 is 0 Å². The SMILES string of the molecule is COCC(C)NCC(C)C. The van der Waals surface area contributed by atoms with Crippen LogP contribution in [0.3, 0.4) is 0 Å². The Balaban J connectivity index is 3.12. The maximum absolute atomic E-state index is 4.97. The van der Waals surface area contributed by atoms with Crippen molar-refractivity contribution in [1.82, 2.24) is 5.32 Å². The van der Waals surface area contributed by atoms with Crippen LogP contribution in [0.5, 0.6) is 0 Å². The first kappa shape index (κ1) is 9.92. The molecule has 0 aliphatic heterocycles. The van der Waals surface area contributed by atoms with E-state index in [0.717, 1.165) is 19.1 Å². The lowest BCUT2D eigenvalue weighted by Crippen LogP contribution is -2.32. The average molecular weight is 145 g/mol. The summed E-state index contributed by atoms with van der Waals surface area (Å²) < 4.78 is 4.97. The van der Waals surface area contributed by atoms with Crippen LogP contribution in [0.4, 0.5) is 0 Å². The van der Waals surface area contributed by atoms with Crippen molar-refractivity contribution in [2.75, 3.05) is 20.3 Å². The van der Waals surface area contributed by atoms with Crippen LogP contribution >= 0.6 is 0 Å². The van der Waals surface area contributed by atoms with Gasteiger partial charge in [0.1, 0.15) is 0 Å². The van der Waals surface area contributed by atoms with Crippen LogP contribution in [0, 0.1) is 5.92 Å². The minimum Gasteiger partial charge on any atom is -0.383 e. The van der Waals surface area contributed by atoms with Gasteiger partial charge in [-0.15, -0.1) is 0 Å². The molecule has 1 unspecified atom stereocenters. The second-order valence-electron chi connectivity index (χ2n) is 3.16. The molecule has 0 heterocycles. The highest BCUT2D eigenvalue weighted by atomic mass is 16.5. The van der Waals surface area contributed by atoms with E-state index in [4.69, 9.17) is 4.74 Å². The average Bonchev–Trinajstić information content (AvgIpc) is 1.85. The van der Waals surface area contributed by atoms with Crippen LogP contribution in [-0.4, -0.2) is 26.3 Å². The molecule has 0 aromatic heterocycles.